The molecule has 0 N–H and O–H groups in total. The number of nitrogens with zero attached hydrogens (tertiary/aromatic N) is 4. The fraction of sp³-hybridized carbons (Fsp3) is 0.381. The monoisotopic (exact) mass is 482 g/mol. The number of carbonyl (C=O) groups is 2. The second-order valence-corrected chi connectivity index (χ2v) is 8.25. The molecule has 12 heteroatoms. The number of piperidine rings is 1. The van der Waals surface area contributed by atoms with E-state index in [0.717, 1.165) is 10.5 Å². The van der Waals surface area contributed by atoms with Crippen LogP contribution in [0, 0.1) is 0 Å². The van der Waals surface area contributed by atoms with Gasteiger partial charge in [0, 0.05) is 30.9 Å². The first kappa shape index (κ1) is 21.6. The number of hydrogen-bond acceptors (Lipinski definition) is 5. The molecule has 8 nitrogen and oxygen atoms in total. The largest absolute Gasteiger partial charge is 0.464 e. The van der Waals surface area contributed by atoms with Crippen molar-refractivity contribution in [3.63, 3.8) is 0 Å². The third-order valence-electron chi connectivity index (χ3n) is 5.96. The lowest BCUT2D eigenvalue weighted by atomic mass is 10.0. The van der Waals surface area contributed by atoms with Gasteiger partial charge in [0.05, 0.1) is 18.4 Å². The average molecular weight is 483 g/mol. The van der Waals surface area contributed by atoms with Crippen LogP contribution in [0.2, 0.25) is 5.15 Å². The Hall–Kier alpha value is -3.21. The maximum absolute atomic E-state index is 13.8. The van der Waals surface area contributed by atoms with E-state index in [2.05, 4.69) is 4.98 Å². The van der Waals surface area contributed by atoms with E-state index in [4.69, 9.17) is 20.8 Å². The van der Waals surface area contributed by atoms with Crippen molar-refractivity contribution in [2.75, 3.05) is 26.2 Å². The summed E-state index contributed by atoms with van der Waals surface area (Å²) in [6.07, 6.45) is -1.31. The van der Waals surface area contributed by atoms with Crippen LogP contribution in [0.5, 0.6) is 0 Å². The Morgan fingerprint density at radius 3 is 2.58 bits per heavy atom. The second-order valence-electron chi connectivity index (χ2n) is 7.89. The number of cyclic esters (lactones) is 1. The van der Waals surface area contributed by atoms with Crippen LogP contribution in [0.25, 0.3) is 17.0 Å². The van der Waals surface area contributed by atoms with Gasteiger partial charge in [0.2, 0.25) is 0 Å². The summed E-state index contributed by atoms with van der Waals surface area (Å²) in [7, 11) is 0. The summed E-state index contributed by atoms with van der Waals surface area (Å²) in [5.74, 6) is -0.332. The van der Waals surface area contributed by atoms with E-state index >= 15 is 0 Å². The highest BCUT2D eigenvalue weighted by molar-refractivity contribution is 6.33. The zero-order valence-corrected chi connectivity index (χ0v) is 17.9. The van der Waals surface area contributed by atoms with Gasteiger partial charge in [0.15, 0.2) is 11.3 Å². The highest BCUT2D eigenvalue weighted by Crippen LogP contribution is 2.37. The number of furan rings is 1. The van der Waals surface area contributed by atoms with Crippen LogP contribution in [-0.2, 0) is 10.9 Å². The van der Waals surface area contributed by atoms with Crippen molar-refractivity contribution in [3.05, 3.63) is 47.1 Å². The molecule has 2 aliphatic rings. The molecular formula is C21H18ClF3N4O4. The van der Waals surface area contributed by atoms with E-state index in [0.29, 0.717) is 39.1 Å². The quantitative estimate of drug-likeness (QED) is 0.555. The van der Waals surface area contributed by atoms with E-state index in [-0.39, 0.29) is 34.3 Å². The molecule has 2 fully saturated rings. The zero-order chi connectivity index (χ0) is 23.3. The molecule has 33 heavy (non-hydrogen) atoms. The number of hydrogen-bond donors (Lipinski definition) is 0. The highest BCUT2D eigenvalue weighted by Gasteiger charge is 2.38. The fourth-order valence-corrected chi connectivity index (χ4v) is 4.56. The molecular weight excluding hydrogens is 465 g/mol. The predicted octanol–water partition coefficient (Wildman–Crippen LogP) is 4.32. The van der Waals surface area contributed by atoms with Crippen molar-refractivity contribution >= 4 is 29.2 Å². The molecule has 5 heterocycles. The summed E-state index contributed by atoms with van der Waals surface area (Å²) in [5.41, 5.74) is -1.58. The number of aromatic nitrogens is 2. The van der Waals surface area contributed by atoms with Gasteiger partial charge in [-0.05, 0) is 31.0 Å². The van der Waals surface area contributed by atoms with E-state index in [1.807, 2.05) is 0 Å². The summed E-state index contributed by atoms with van der Waals surface area (Å²) >= 11 is 6.36. The molecule has 174 valence electrons. The van der Waals surface area contributed by atoms with E-state index in [9.17, 15) is 22.8 Å². The van der Waals surface area contributed by atoms with E-state index in [1.165, 1.54) is 23.4 Å². The maximum Gasteiger partial charge on any atom is 0.420 e. The topological polar surface area (TPSA) is 80.3 Å². The number of imidazole rings is 1. The van der Waals surface area contributed by atoms with Gasteiger partial charge >= 0.3 is 12.3 Å². The first-order valence-electron chi connectivity index (χ1n) is 10.3. The van der Waals surface area contributed by atoms with Crippen molar-refractivity contribution in [3.8, 4) is 11.3 Å². The van der Waals surface area contributed by atoms with Crippen LogP contribution >= 0.6 is 11.6 Å². The predicted molar refractivity (Wildman–Crippen MR) is 110 cm³/mol. The van der Waals surface area contributed by atoms with Crippen molar-refractivity contribution in [2.24, 2.45) is 0 Å². The molecule has 2 saturated heterocycles. The Balaban J connectivity index is 1.46. The third kappa shape index (κ3) is 3.79. The second kappa shape index (κ2) is 7.98. The van der Waals surface area contributed by atoms with Crippen LogP contribution in [0.1, 0.15) is 28.9 Å². The van der Waals surface area contributed by atoms with Gasteiger partial charge in [-0.1, -0.05) is 11.6 Å². The molecule has 3 aromatic heterocycles. The molecule has 3 aromatic rings. The molecule has 0 bridgehead atoms. The SMILES string of the molecule is O=C(c1nc2c(C(F)(F)F)cc(-c3ccco3)cn2c1Cl)N1CCC(N2CCOC2=O)CC1. The Kier molecular flexibility index (Phi) is 5.23. The van der Waals surface area contributed by atoms with Crippen LogP contribution in [0.4, 0.5) is 18.0 Å². The Morgan fingerprint density at radius 2 is 1.97 bits per heavy atom. The van der Waals surface area contributed by atoms with Crippen LogP contribution in [-0.4, -0.2) is 63.5 Å². The molecule has 5 rings (SSSR count). The summed E-state index contributed by atoms with van der Waals surface area (Å²) in [4.78, 5) is 32.0. The van der Waals surface area contributed by atoms with Gasteiger partial charge in [-0.3, -0.25) is 9.20 Å². The van der Waals surface area contributed by atoms with E-state index in [1.54, 1.807) is 11.0 Å². The number of likely N-dealkylation sites (tertiary alicyclic amines) is 1. The minimum Gasteiger partial charge on any atom is -0.464 e. The molecule has 2 amide bonds. The molecule has 0 unspecified atom stereocenters. The number of ether oxygens (including phenoxy) is 1. The lowest BCUT2D eigenvalue weighted by Gasteiger charge is -2.35. The number of amides is 2. The lowest BCUT2D eigenvalue weighted by molar-refractivity contribution is -0.136. The maximum atomic E-state index is 13.8. The van der Waals surface area contributed by atoms with Crippen molar-refractivity contribution in [2.45, 2.75) is 25.1 Å². The van der Waals surface area contributed by atoms with Gasteiger partial charge in [-0.25, -0.2) is 9.78 Å². The smallest absolute Gasteiger partial charge is 0.420 e. The van der Waals surface area contributed by atoms with Crippen molar-refractivity contribution in [1.29, 1.82) is 0 Å². The highest BCUT2D eigenvalue weighted by atomic mass is 35.5. The minimum atomic E-state index is -4.72. The molecule has 0 radical (unpaired) electrons. The van der Waals surface area contributed by atoms with Gasteiger partial charge in [0.1, 0.15) is 17.5 Å². The Bertz CT molecular complexity index is 1220. The Morgan fingerprint density at radius 1 is 1.21 bits per heavy atom. The van der Waals surface area contributed by atoms with Gasteiger partial charge < -0.3 is 19.0 Å². The minimum absolute atomic E-state index is 0.0479. The number of alkyl halides is 3. The van der Waals surface area contributed by atoms with Gasteiger partial charge in [0.25, 0.3) is 5.91 Å². The molecule has 0 saturated carbocycles. The normalized spacial score (nSPS) is 17.8. The van der Waals surface area contributed by atoms with E-state index < -0.39 is 23.3 Å². The van der Waals surface area contributed by atoms with Crippen LogP contribution in [0.3, 0.4) is 0 Å². The standard InChI is InChI=1S/C21H18ClF3N4O4/c22-17-16(19(30)27-5-3-13(4-6-27)28-7-9-33-20(28)31)26-18-14(21(23,24)25)10-12(11-29(17)18)15-2-1-8-32-15/h1-2,8,10-11,13H,3-7,9H2. The number of fused-ring (bicyclic) bond motifs is 1. The summed E-state index contributed by atoms with van der Waals surface area (Å²) < 4.78 is 52.6. The molecule has 2 aliphatic heterocycles. The number of carbonyl (C=O) groups excluding carboxylic acids is 2. The van der Waals surface area contributed by atoms with Gasteiger partial charge in [-0.2, -0.15) is 13.2 Å². The average Bonchev–Trinajstić information content (AvgIpc) is 3.53. The first-order valence-corrected chi connectivity index (χ1v) is 10.7. The number of halogens is 4. The van der Waals surface area contributed by atoms with Crippen LogP contribution < -0.4 is 0 Å². The van der Waals surface area contributed by atoms with Gasteiger partial charge in [-0.15, -0.1) is 0 Å². The van der Waals surface area contributed by atoms with Crippen LogP contribution in [0.15, 0.2) is 35.1 Å². The zero-order valence-electron chi connectivity index (χ0n) is 17.1. The lowest BCUT2D eigenvalue weighted by Crippen LogP contribution is -2.47. The Labute approximate surface area is 190 Å². The van der Waals surface area contributed by atoms with Crippen molar-refractivity contribution in [1.82, 2.24) is 19.2 Å². The first-order chi connectivity index (χ1) is 15.7. The van der Waals surface area contributed by atoms with Crippen molar-refractivity contribution < 1.29 is 31.9 Å². The summed E-state index contributed by atoms with van der Waals surface area (Å²) in [6.45, 7) is 1.49. The summed E-state index contributed by atoms with van der Waals surface area (Å²) in [6, 6.07) is 3.96. The fourth-order valence-electron chi connectivity index (χ4n) is 4.31. The number of rotatable bonds is 3. The third-order valence-corrected chi connectivity index (χ3v) is 6.32. The molecule has 0 aromatic carbocycles. The molecule has 0 spiro atoms. The molecule has 0 aliphatic carbocycles. The number of pyridine rings is 1. The summed E-state index contributed by atoms with van der Waals surface area (Å²) in [5, 5.41) is -0.209. The molecule has 0 atom stereocenters.